The third kappa shape index (κ3) is 5.38. The Labute approximate surface area is 200 Å². The number of morpholine rings is 1. The zero-order chi connectivity index (χ0) is 24.3. The average molecular weight is 483 g/mol. The van der Waals surface area contributed by atoms with Crippen molar-refractivity contribution < 1.29 is 17.9 Å². The first-order valence-corrected chi connectivity index (χ1v) is 12.9. The van der Waals surface area contributed by atoms with Crippen LogP contribution in [0.15, 0.2) is 65.7 Å². The Hall–Kier alpha value is -3.01. The monoisotopic (exact) mass is 482 g/mol. The summed E-state index contributed by atoms with van der Waals surface area (Å²) in [5, 5.41) is 7.18. The van der Waals surface area contributed by atoms with Crippen LogP contribution in [0.3, 0.4) is 0 Å². The SMILES string of the molecule is CCc1ccc(Cn2nccc2NC(=O)c2cccc(S(=O)(=O)N3CC(C)OC(C)C3)c2)cc1. The van der Waals surface area contributed by atoms with Gasteiger partial charge in [-0.1, -0.05) is 37.3 Å². The summed E-state index contributed by atoms with van der Waals surface area (Å²) in [6.45, 7) is 6.88. The van der Waals surface area contributed by atoms with Crippen molar-refractivity contribution in [2.45, 2.75) is 50.8 Å². The molecule has 2 aromatic carbocycles. The highest BCUT2D eigenvalue weighted by molar-refractivity contribution is 7.89. The predicted molar refractivity (Wildman–Crippen MR) is 130 cm³/mol. The number of aryl methyl sites for hydroxylation is 1. The topological polar surface area (TPSA) is 93.5 Å². The van der Waals surface area contributed by atoms with Crippen LogP contribution >= 0.6 is 0 Å². The van der Waals surface area contributed by atoms with E-state index in [-0.39, 0.29) is 35.8 Å². The lowest BCUT2D eigenvalue weighted by atomic mass is 10.1. The maximum absolute atomic E-state index is 13.2. The molecule has 9 heteroatoms. The summed E-state index contributed by atoms with van der Waals surface area (Å²) >= 11 is 0. The summed E-state index contributed by atoms with van der Waals surface area (Å²) in [6, 6.07) is 16.1. The van der Waals surface area contributed by atoms with Gasteiger partial charge < -0.3 is 10.1 Å². The van der Waals surface area contributed by atoms with Crippen molar-refractivity contribution in [1.82, 2.24) is 14.1 Å². The highest BCUT2D eigenvalue weighted by Crippen LogP contribution is 2.22. The van der Waals surface area contributed by atoms with Gasteiger partial charge >= 0.3 is 0 Å². The molecule has 1 aliphatic rings. The minimum atomic E-state index is -3.74. The van der Waals surface area contributed by atoms with E-state index in [2.05, 4.69) is 29.5 Å². The number of hydrogen-bond acceptors (Lipinski definition) is 5. The van der Waals surface area contributed by atoms with E-state index in [1.165, 1.54) is 22.0 Å². The number of hydrogen-bond donors (Lipinski definition) is 1. The van der Waals surface area contributed by atoms with Crippen LogP contribution in [0, 0.1) is 0 Å². The highest BCUT2D eigenvalue weighted by atomic mass is 32.2. The van der Waals surface area contributed by atoms with Crippen LogP contribution in [0.5, 0.6) is 0 Å². The van der Waals surface area contributed by atoms with Gasteiger partial charge in [-0.15, -0.1) is 0 Å². The number of sulfonamides is 1. The molecule has 2 unspecified atom stereocenters. The van der Waals surface area contributed by atoms with Crippen molar-refractivity contribution in [3.05, 3.63) is 77.5 Å². The van der Waals surface area contributed by atoms with E-state index in [0.29, 0.717) is 12.4 Å². The Morgan fingerprint density at radius 1 is 1.06 bits per heavy atom. The van der Waals surface area contributed by atoms with Crippen LogP contribution in [0.4, 0.5) is 5.82 Å². The van der Waals surface area contributed by atoms with Crippen molar-refractivity contribution in [3.63, 3.8) is 0 Å². The molecule has 34 heavy (non-hydrogen) atoms. The predicted octanol–water partition coefficient (Wildman–Crippen LogP) is 3.54. The Balaban J connectivity index is 1.50. The van der Waals surface area contributed by atoms with Crippen LogP contribution in [0.25, 0.3) is 0 Å². The van der Waals surface area contributed by atoms with Crippen molar-refractivity contribution in [1.29, 1.82) is 0 Å². The molecule has 0 saturated carbocycles. The fourth-order valence-electron chi connectivity index (χ4n) is 4.08. The summed E-state index contributed by atoms with van der Waals surface area (Å²) in [7, 11) is -3.74. The maximum atomic E-state index is 13.2. The molecule has 1 saturated heterocycles. The third-order valence-corrected chi connectivity index (χ3v) is 7.67. The number of carbonyl (C=O) groups excluding carboxylic acids is 1. The van der Waals surface area contributed by atoms with E-state index in [1.54, 1.807) is 29.1 Å². The normalized spacial score (nSPS) is 19.1. The molecule has 1 aliphatic heterocycles. The lowest BCUT2D eigenvalue weighted by Gasteiger charge is -2.34. The Morgan fingerprint density at radius 2 is 1.74 bits per heavy atom. The molecule has 0 bridgehead atoms. The second-order valence-corrected chi connectivity index (χ2v) is 10.5. The molecule has 2 heterocycles. The highest BCUT2D eigenvalue weighted by Gasteiger charge is 2.32. The summed E-state index contributed by atoms with van der Waals surface area (Å²) in [6.07, 6.45) is 2.21. The van der Waals surface area contributed by atoms with Crippen molar-refractivity contribution in [2.24, 2.45) is 0 Å². The minimum absolute atomic E-state index is 0.0889. The van der Waals surface area contributed by atoms with Crippen LogP contribution < -0.4 is 5.32 Å². The second-order valence-electron chi connectivity index (χ2n) is 8.61. The number of amides is 1. The van der Waals surface area contributed by atoms with Crippen LogP contribution in [0.2, 0.25) is 0 Å². The number of anilines is 1. The molecule has 1 amide bonds. The molecule has 1 fully saturated rings. The quantitative estimate of drug-likeness (QED) is 0.556. The molecule has 0 aliphatic carbocycles. The summed E-state index contributed by atoms with van der Waals surface area (Å²) in [5.41, 5.74) is 2.59. The number of nitrogens with zero attached hydrogens (tertiary/aromatic N) is 3. The van der Waals surface area contributed by atoms with Crippen LogP contribution in [0.1, 0.15) is 42.3 Å². The number of carbonyl (C=O) groups is 1. The molecular formula is C25H30N4O4S. The zero-order valence-corrected chi connectivity index (χ0v) is 20.5. The van der Waals surface area contributed by atoms with Gasteiger partial charge in [-0.05, 0) is 49.6 Å². The van der Waals surface area contributed by atoms with Crippen molar-refractivity contribution >= 4 is 21.7 Å². The van der Waals surface area contributed by atoms with Gasteiger partial charge in [-0.25, -0.2) is 13.1 Å². The van der Waals surface area contributed by atoms with Crippen LogP contribution in [-0.4, -0.2) is 53.7 Å². The lowest BCUT2D eigenvalue weighted by Crippen LogP contribution is -2.48. The Kier molecular flexibility index (Phi) is 7.16. The summed E-state index contributed by atoms with van der Waals surface area (Å²) in [5.74, 6) is 0.137. The molecule has 2 atom stereocenters. The van der Waals surface area contributed by atoms with E-state index < -0.39 is 15.9 Å². The minimum Gasteiger partial charge on any atom is -0.373 e. The lowest BCUT2D eigenvalue weighted by molar-refractivity contribution is -0.0440. The first kappa shape index (κ1) is 24.1. The first-order valence-electron chi connectivity index (χ1n) is 11.4. The largest absolute Gasteiger partial charge is 0.373 e. The molecule has 8 nitrogen and oxygen atoms in total. The Morgan fingerprint density at radius 3 is 2.41 bits per heavy atom. The van der Waals surface area contributed by atoms with Gasteiger partial charge in [0.1, 0.15) is 5.82 Å². The zero-order valence-electron chi connectivity index (χ0n) is 19.6. The number of rotatable bonds is 7. The van der Waals surface area contributed by atoms with E-state index >= 15 is 0 Å². The molecule has 4 rings (SSSR count). The smallest absolute Gasteiger partial charge is 0.256 e. The average Bonchev–Trinajstić information content (AvgIpc) is 3.25. The number of aromatic nitrogens is 2. The van der Waals surface area contributed by atoms with Crippen molar-refractivity contribution in [3.8, 4) is 0 Å². The molecule has 1 aromatic heterocycles. The van der Waals surface area contributed by atoms with E-state index in [1.807, 2.05) is 26.0 Å². The fourth-order valence-corrected chi connectivity index (χ4v) is 5.72. The van der Waals surface area contributed by atoms with E-state index in [4.69, 9.17) is 4.74 Å². The molecule has 0 radical (unpaired) electrons. The number of nitrogens with one attached hydrogen (secondary N) is 1. The van der Waals surface area contributed by atoms with Gasteiger partial charge in [0.2, 0.25) is 10.0 Å². The molecule has 3 aromatic rings. The van der Waals surface area contributed by atoms with Gasteiger partial charge in [-0.2, -0.15) is 9.40 Å². The first-order chi connectivity index (χ1) is 16.3. The van der Waals surface area contributed by atoms with Gasteiger partial charge in [0.15, 0.2) is 0 Å². The molecule has 0 spiro atoms. The molecule has 1 N–H and O–H groups in total. The summed E-state index contributed by atoms with van der Waals surface area (Å²) in [4.78, 5) is 13.1. The van der Waals surface area contributed by atoms with Gasteiger partial charge in [0.05, 0.1) is 29.8 Å². The van der Waals surface area contributed by atoms with Crippen molar-refractivity contribution in [2.75, 3.05) is 18.4 Å². The van der Waals surface area contributed by atoms with Gasteiger partial charge in [-0.3, -0.25) is 4.79 Å². The van der Waals surface area contributed by atoms with Gasteiger partial charge in [0, 0.05) is 24.7 Å². The third-order valence-electron chi connectivity index (χ3n) is 5.84. The summed E-state index contributed by atoms with van der Waals surface area (Å²) < 4.78 is 35.2. The maximum Gasteiger partial charge on any atom is 0.256 e. The fraction of sp³-hybridized carbons (Fsp3) is 0.360. The molecular weight excluding hydrogens is 452 g/mol. The number of ether oxygens (including phenoxy) is 1. The standard InChI is InChI=1S/C25H30N4O4S/c1-4-20-8-10-21(11-9-20)17-29-24(12-13-26-29)27-25(30)22-6-5-7-23(14-22)34(31,32)28-15-18(2)33-19(3)16-28/h5-14,18-19H,4,15-17H2,1-3H3,(H,27,30). The second kappa shape index (κ2) is 10.1. The van der Waals surface area contributed by atoms with Gasteiger partial charge in [0.25, 0.3) is 5.91 Å². The Bertz CT molecular complexity index is 1240. The number of benzene rings is 2. The van der Waals surface area contributed by atoms with E-state index in [0.717, 1.165) is 12.0 Å². The molecule has 180 valence electrons. The van der Waals surface area contributed by atoms with E-state index in [9.17, 15) is 13.2 Å². The van der Waals surface area contributed by atoms with Crippen LogP contribution in [-0.2, 0) is 27.7 Å².